The van der Waals surface area contributed by atoms with E-state index in [4.69, 9.17) is 4.74 Å². The Morgan fingerprint density at radius 3 is 2.52 bits per heavy atom. The largest absolute Gasteiger partial charge is 0.497 e. The van der Waals surface area contributed by atoms with Gasteiger partial charge in [-0.2, -0.15) is 0 Å². The maximum atomic E-state index is 12.1. The first kappa shape index (κ1) is 21.6. The molecule has 4 nitrogen and oxygen atoms in total. The summed E-state index contributed by atoms with van der Waals surface area (Å²) < 4.78 is 5.24. The van der Waals surface area contributed by atoms with Crippen molar-refractivity contribution in [3.8, 4) is 5.75 Å². The van der Waals surface area contributed by atoms with Crippen molar-refractivity contribution in [2.45, 2.75) is 64.7 Å². The average molecular weight is 373 g/mol. The highest BCUT2D eigenvalue weighted by Gasteiger charge is 2.17. The van der Waals surface area contributed by atoms with Crippen LogP contribution in [0.4, 0.5) is 0 Å². The van der Waals surface area contributed by atoms with E-state index < -0.39 is 0 Å². The SMILES string of the molecule is CCCCCCCC(=O)N=CC(Cc1ccc(OC)cc1)CN1CCCC1. The summed E-state index contributed by atoms with van der Waals surface area (Å²) in [5, 5.41) is 0. The van der Waals surface area contributed by atoms with Crippen molar-refractivity contribution in [2.75, 3.05) is 26.7 Å². The van der Waals surface area contributed by atoms with Gasteiger partial charge in [0.15, 0.2) is 0 Å². The highest BCUT2D eigenvalue weighted by molar-refractivity contribution is 5.85. The monoisotopic (exact) mass is 372 g/mol. The summed E-state index contributed by atoms with van der Waals surface area (Å²) in [4.78, 5) is 18.9. The maximum absolute atomic E-state index is 12.1. The molecule has 150 valence electrons. The van der Waals surface area contributed by atoms with E-state index in [0.717, 1.165) is 31.6 Å². The summed E-state index contributed by atoms with van der Waals surface area (Å²) in [5.74, 6) is 1.19. The van der Waals surface area contributed by atoms with Gasteiger partial charge in [0, 0.05) is 25.1 Å². The predicted molar refractivity (Wildman–Crippen MR) is 113 cm³/mol. The number of ether oxygens (including phenoxy) is 1. The molecule has 1 atom stereocenters. The first-order chi connectivity index (χ1) is 13.2. The van der Waals surface area contributed by atoms with Crippen LogP contribution in [0.15, 0.2) is 29.3 Å². The molecule has 1 aliphatic heterocycles. The first-order valence-electron chi connectivity index (χ1n) is 10.6. The van der Waals surface area contributed by atoms with Gasteiger partial charge in [-0.1, -0.05) is 44.7 Å². The van der Waals surface area contributed by atoms with Gasteiger partial charge in [-0.15, -0.1) is 0 Å². The molecule has 4 heteroatoms. The number of methoxy groups -OCH3 is 1. The zero-order chi connectivity index (χ0) is 19.3. The van der Waals surface area contributed by atoms with Crippen LogP contribution < -0.4 is 4.74 Å². The van der Waals surface area contributed by atoms with Crippen LogP contribution in [0.5, 0.6) is 5.75 Å². The lowest BCUT2D eigenvalue weighted by Gasteiger charge is -2.20. The number of nitrogens with zero attached hydrogens (tertiary/aromatic N) is 2. The smallest absolute Gasteiger partial charge is 0.245 e. The molecule has 1 fully saturated rings. The van der Waals surface area contributed by atoms with Crippen molar-refractivity contribution >= 4 is 12.1 Å². The van der Waals surface area contributed by atoms with Crippen molar-refractivity contribution in [1.82, 2.24) is 4.90 Å². The lowest BCUT2D eigenvalue weighted by atomic mass is 9.99. The molecule has 0 aliphatic carbocycles. The van der Waals surface area contributed by atoms with Crippen LogP contribution in [0.1, 0.15) is 63.9 Å². The van der Waals surface area contributed by atoms with E-state index in [9.17, 15) is 4.79 Å². The number of unbranched alkanes of at least 4 members (excludes halogenated alkanes) is 4. The number of aliphatic imine (C=N–C) groups is 1. The second-order valence-electron chi connectivity index (χ2n) is 7.66. The molecule has 0 N–H and O–H groups in total. The van der Waals surface area contributed by atoms with Crippen LogP contribution in [0, 0.1) is 5.92 Å². The molecule has 0 spiro atoms. The molecule has 1 heterocycles. The molecular weight excluding hydrogens is 336 g/mol. The van der Waals surface area contributed by atoms with Crippen LogP contribution in [0.2, 0.25) is 0 Å². The Kier molecular flexibility index (Phi) is 10.1. The van der Waals surface area contributed by atoms with Gasteiger partial charge < -0.3 is 9.64 Å². The lowest BCUT2D eigenvalue weighted by molar-refractivity contribution is -0.117. The molecule has 0 radical (unpaired) electrons. The summed E-state index contributed by atoms with van der Waals surface area (Å²) in [7, 11) is 1.69. The zero-order valence-corrected chi connectivity index (χ0v) is 17.2. The molecule has 1 aromatic carbocycles. The van der Waals surface area contributed by atoms with Gasteiger partial charge >= 0.3 is 0 Å². The number of carbonyl (C=O) groups is 1. The summed E-state index contributed by atoms with van der Waals surface area (Å²) in [5.41, 5.74) is 1.26. The van der Waals surface area contributed by atoms with E-state index in [2.05, 4.69) is 28.9 Å². The van der Waals surface area contributed by atoms with Gasteiger partial charge in [-0.3, -0.25) is 4.79 Å². The Balaban J connectivity index is 1.87. The number of benzene rings is 1. The predicted octanol–water partition coefficient (Wildman–Crippen LogP) is 4.91. The third-order valence-electron chi connectivity index (χ3n) is 5.27. The summed E-state index contributed by atoms with van der Waals surface area (Å²) >= 11 is 0. The van der Waals surface area contributed by atoms with Crippen LogP contribution >= 0.6 is 0 Å². The second-order valence-corrected chi connectivity index (χ2v) is 7.66. The molecular formula is C23H36N2O2. The zero-order valence-electron chi connectivity index (χ0n) is 17.2. The fraction of sp³-hybridized carbons (Fsp3) is 0.652. The van der Waals surface area contributed by atoms with Crippen molar-refractivity contribution in [2.24, 2.45) is 10.9 Å². The van der Waals surface area contributed by atoms with Crippen LogP contribution in [0.25, 0.3) is 0 Å². The third kappa shape index (κ3) is 8.70. The minimum Gasteiger partial charge on any atom is -0.497 e. The standard InChI is InChI=1S/C23H36N2O2/c1-3-4-5-6-7-10-23(26)24-18-21(19-25-15-8-9-16-25)17-20-11-13-22(27-2)14-12-20/h11-14,18,21H,3-10,15-17,19H2,1-2H3. The summed E-state index contributed by atoms with van der Waals surface area (Å²) in [6.45, 7) is 5.52. The topological polar surface area (TPSA) is 41.9 Å². The van der Waals surface area contributed by atoms with Crippen molar-refractivity contribution in [1.29, 1.82) is 0 Å². The van der Waals surface area contributed by atoms with E-state index in [1.807, 2.05) is 18.3 Å². The fourth-order valence-electron chi connectivity index (χ4n) is 3.66. The normalized spacial score (nSPS) is 16.1. The minimum atomic E-state index is 0.0349. The van der Waals surface area contributed by atoms with E-state index in [1.165, 1.54) is 50.8 Å². The first-order valence-corrected chi connectivity index (χ1v) is 10.6. The number of hydrogen-bond acceptors (Lipinski definition) is 3. The molecule has 0 aromatic heterocycles. The van der Waals surface area contributed by atoms with Crippen molar-refractivity contribution in [3.63, 3.8) is 0 Å². The molecule has 0 bridgehead atoms. The summed E-state index contributed by atoms with van der Waals surface area (Å²) in [6, 6.07) is 8.22. The minimum absolute atomic E-state index is 0.0349. The van der Waals surface area contributed by atoms with E-state index in [1.54, 1.807) is 7.11 Å². The van der Waals surface area contributed by atoms with Gasteiger partial charge in [-0.05, 0) is 56.5 Å². The van der Waals surface area contributed by atoms with Gasteiger partial charge in [0.2, 0.25) is 5.91 Å². The number of likely N-dealkylation sites (tertiary alicyclic amines) is 1. The Hall–Kier alpha value is -1.68. The van der Waals surface area contributed by atoms with E-state index in [0.29, 0.717) is 6.42 Å². The Morgan fingerprint density at radius 2 is 1.85 bits per heavy atom. The number of carbonyl (C=O) groups excluding carboxylic acids is 1. The molecule has 27 heavy (non-hydrogen) atoms. The van der Waals surface area contributed by atoms with E-state index in [-0.39, 0.29) is 11.8 Å². The van der Waals surface area contributed by atoms with Crippen LogP contribution in [-0.2, 0) is 11.2 Å². The second kappa shape index (κ2) is 12.7. The van der Waals surface area contributed by atoms with Crippen molar-refractivity contribution in [3.05, 3.63) is 29.8 Å². The number of amides is 1. The molecule has 0 saturated carbocycles. The van der Waals surface area contributed by atoms with Gasteiger partial charge in [0.1, 0.15) is 5.75 Å². The van der Waals surface area contributed by atoms with E-state index >= 15 is 0 Å². The van der Waals surface area contributed by atoms with Gasteiger partial charge in [-0.25, -0.2) is 4.99 Å². The highest BCUT2D eigenvalue weighted by Crippen LogP contribution is 2.17. The van der Waals surface area contributed by atoms with Crippen LogP contribution in [-0.4, -0.2) is 43.8 Å². The molecule has 1 aromatic rings. The molecule has 2 rings (SSSR count). The quantitative estimate of drug-likeness (QED) is 0.387. The van der Waals surface area contributed by atoms with Crippen molar-refractivity contribution < 1.29 is 9.53 Å². The Labute approximate surface area is 165 Å². The van der Waals surface area contributed by atoms with Gasteiger partial charge in [0.25, 0.3) is 0 Å². The Morgan fingerprint density at radius 1 is 1.15 bits per heavy atom. The Bertz CT molecular complexity index is 562. The van der Waals surface area contributed by atoms with Gasteiger partial charge in [0.05, 0.1) is 7.11 Å². The summed E-state index contributed by atoms with van der Waals surface area (Å²) in [6.07, 6.45) is 11.8. The molecule has 1 saturated heterocycles. The maximum Gasteiger partial charge on any atom is 0.245 e. The number of hydrogen-bond donors (Lipinski definition) is 0. The molecule has 1 unspecified atom stereocenters. The highest BCUT2D eigenvalue weighted by atomic mass is 16.5. The number of rotatable bonds is 12. The van der Waals surface area contributed by atoms with Crippen LogP contribution in [0.3, 0.4) is 0 Å². The fourth-order valence-corrected chi connectivity index (χ4v) is 3.66. The molecule has 1 aliphatic rings. The third-order valence-corrected chi connectivity index (χ3v) is 5.27. The molecule has 1 amide bonds. The average Bonchev–Trinajstić information content (AvgIpc) is 3.19. The lowest BCUT2D eigenvalue weighted by Crippen LogP contribution is -2.28.